The first-order valence-corrected chi connectivity index (χ1v) is 6.61. The van der Waals surface area contributed by atoms with Crippen LogP contribution in [0.1, 0.15) is 23.7 Å². The molecule has 2 nitrogen and oxygen atoms in total. The molecular formula is C14H12F4N2S. The largest absolute Gasteiger partial charge is 0.417 e. The zero-order valence-corrected chi connectivity index (χ0v) is 12.1. The minimum absolute atomic E-state index is 0.0747. The second kappa shape index (κ2) is 5.55. The molecule has 0 fully saturated rings. The Morgan fingerprint density at radius 2 is 1.95 bits per heavy atom. The van der Waals surface area contributed by atoms with Crippen molar-refractivity contribution in [2.75, 3.05) is 0 Å². The van der Waals surface area contributed by atoms with Crippen molar-refractivity contribution in [2.24, 2.45) is 0 Å². The number of aryl methyl sites for hydroxylation is 1. The summed E-state index contributed by atoms with van der Waals surface area (Å²) < 4.78 is 52.7. The molecule has 112 valence electrons. The monoisotopic (exact) mass is 316 g/mol. The van der Waals surface area contributed by atoms with E-state index in [1.54, 1.807) is 6.92 Å². The average molecular weight is 316 g/mol. The molecule has 1 N–H and O–H groups in total. The number of aromatic amines is 1. The SMILES string of the molecule is CCc1[nH]c(-c2cc(F)ccc2C(F)(F)F)nc(=S)c1C. The lowest BCUT2D eigenvalue weighted by molar-refractivity contribution is -0.137. The third-order valence-corrected chi connectivity index (χ3v) is 3.55. The van der Waals surface area contributed by atoms with Gasteiger partial charge >= 0.3 is 6.18 Å². The van der Waals surface area contributed by atoms with Crippen molar-refractivity contribution in [3.63, 3.8) is 0 Å². The van der Waals surface area contributed by atoms with Crippen LogP contribution in [-0.4, -0.2) is 9.97 Å². The summed E-state index contributed by atoms with van der Waals surface area (Å²) in [5, 5.41) is 0. The number of alkyl halides is 3. The third-order valence-electron chi connectivity index (χ3n) is 3.15. The lowest BCUT2D eigenvalue weighted by atomic mass is 10.1. The Bertz CT molecular complexity index is 735. The van der Waals surface area contributed by atoms with Crippen molar-refractivity contribution in [1.29, 1.82) is 0 Å². The molecule has 21 heavy (non-hydrogen) atoms. The number of H-pyrrole nitrogens is 1. The molecule has 0 bridgehead atoms. The highest BCUT2D eigenvalue weighted by Crippen LogP contribution is 2.36. The van der Waals surface area contributed by atoms with E-state index in [1.807, 2.05) is 6.92 Å². The summed E-state index contributed by atoms with van der Waals surface area (Å²) in [6.45, 7) is 3.58. The van der Waals surface area contributed by atoms with Gasteiger partial charge in [0.1, 0.15) is 16.3 Å². The van der Waals surface area contributed by atoms with Gasteiger partial charge < -0.3 is 4.98 Å². The normalized spacial score (nSPS) is 11.7. The summed E-state index contributed by atoms with van der Waals surface area (Å²) in [5.41, 5.74) is 0.0971. The summed E-state index contributed by atoms with van der Waals surface area (Å²) in [6, 6.07) is 2.29. The van der Waals surface area contributed by atoms with Gasteiger partial charge in [-0.2, -0.15) is 13.2 Å². The summed E-state index contributed by atoms with van der Waals surface area (Å²) in [7, 11) is 0. The molecule has 2 rings (SSSR count). The van der Waals surface area contributed by atoms with Crippen molar-refractivity contribution >= 4 is 12.2 Å². The zero-order chi connectivity index (χ0) is 15.8. The first-order valence-electron chi connectivity index (χ1n) is 6.21. The molecule has 0 spiro atoms. The highest BCUT2D eigenvalue weighted by molar-refractivity contribution is 7.71. The molecule has 0 aliphatic carbocycles. The van der Waals surface area contributed by atoms with Gasteiger partial charge in [-0.3, -0.25) is 0 Å². The van der Waals surface area contributed by atoms with Crippen molar-refractivity contribution in [1.82, 2.24) is 9.97 Å². The number of rotatable bonds is 2. The minimum Gasteiger partial charge on any atom is -0.343 e. The lowest BCUT2D eigenvalue weighted by Crippen LogP contribution is -2.09. The average Bonchev–Trinajstić information content (AvgIpc) is 2.40. The Morgan fingerprint density at radius 3 is 2.52 bits per heavy atom. The van der Waals surface area contributed by atoms with E-state index in [2.05, 4.69) is 9.97 Å². The highest BCUT2D eigenvalue weighted by Gasteiger charge is 2.34. The van der Waals surface area contributed by atoms with Crippen LogP contribution >= 0.6 is 12.2 Å². The Hall–Kier alpha value is -1.76. The van der Waals surface area contributed by atoms with Gasteiger partial charge in [-0.05, 0) is 31.5 Å². The molecular weight excluding hydrogens is 304 g/mol. The first kappa shape index (κ1) is 15.6. The van der Waals surface area contributed by atoms with Gasteiger partial charge in [-0.15, -0.1) is 0 Å². The molecule has 1 aromatic heterocycles. The van der Waals surface area contributed by atoms with Crippen LogP contribution in [0.25, 0.3) is 11.4 Å². The van der Waals surface area contributed by atoms with Gasteiger partial charge in [0.2, 0.25) is 0 Å². The zero-order valence-electron chi connectivity index (χ0n) is 11.3. The van der Waals surface area contributed by atoms with Gasteiger partial charge in [-0.1, -0.05) is 19.1 Å². The van der Waals surface area contributed by atoms with Crippen molar-refractivity contribution < 1.29 is 17.6 Å². The predicted molar refractivity (Wildman–Crippen MR) is 73.9 cm³/mol. The number of benzene rings is 1. The van der Waals surface area contributed by atoms with E-state index in [0.29, 0.717) is 23.7 Å². The second-order valence-corrected chi connectivity index (χ2v) is 4.92. The molecule has 0 atom stereocenters. The maximum atomic E-state index is 13.3. The van der Waals surface area contributed by atoms with Crippen molar-refractivity contribution in [2.45, 2.75) is 26.4 Å². The number of hydrogen-bond donors (Lipinski definition) is 1. The molecule has 0 aliphatic rings. The predicted octanol–water partition coefficient (Wildman–Crippen LogP) is 4.83. The van der Waals surface area contributed by atoms with E-state index in [4.69, 9.17) is 12.2 Å². The molecule has 2 aromatic rings. The van der Waals surface area contributed by atoms with Crippen molar-refractivity contribution in [3.05, 3.63) is 45.5 Å². The summed E-state index contributed by atoms with van der Waals surface area (Å²) >= 11 is 5.06. The van der Waals surface area contributed by atoms with E-state index < -0.39 is 17.6 Å². The van der Waals surface area contributed by atoms with E-state index in [-0.39, 0.29) is 16.0 Å². The van der Waals surface area contributed by atoms with Crippen LogP contribution in [0.4, 0.5) is 17.6 Å². The van der Waals surface area contributed by atoms with Crippen LogP contribution in [0.5, 0.6) is 0 Å². The molecule has 0 saturated carbocycles. The van der Waals surface area contributed by atoms with Crippen LogP contribution < -0.4 is 0 Å². The fourth-order valence-corrected chi connectivity index (χ4v) is 2.23. The minimum atomic E-state index is -4.60. The van der Waals surface area contributed by atoms with Crippen LogP contribution in [-0.2, 0) is 12.6 Å². The molecule has 0 amide bonds. The van der Waals surface area contributed by atoms with Crippen LogP contribution in [0, 0.1) is 17.4 Å². The molecule has 0 radical (unpaired) electrons. The number of halogens is 4. The molecule has 1 aromatic carbocycles. The number of aromatic nitrogens is 2. The summed E-state index contributed by atoms with van der Waals surface area (Å²) in [5.74, 6) is -0.841. The summed E-state index contributed by atoms with van der Waals surface area (Å²) in [6.07, 6.45) is -4.04. The van der Waals surface area contributed by atoms with E-state index in [0.717, 1.165) is 12.1 Å². The third kappa shape index (κ3) is 3.12. The first-order chi connectivity index (χ1) is 9.74. The van der Waals surface area contributed by atoms with Gasteiger partial charge in [0, 0.05) is 16.8 Å². The molecule has 0 saturated heterocycles. The standard InChI is InChI=1S/C14H12F4N2S/c1-3-11-7(2)13(21)20-12(19-11)9-6-8(15)4-5-10(9)14(16,17)18/h4-6H,3H2,1-2H3,(H,19,20,21). The van der Waals surface area contributed by atoms with Gasteiger partial charge in [0.15, 0.2) is 0 Å². The molecule has 0 aliphatic heterocycles. The molecule has 7 heteroatoms. The molecule has 1 heterocycles. The Kier molecular flexibility index (Phi) is 4.13. The van der Waals surface area contributed by atoms with Gasteiger partial charge in [-0.25, -0.2) is 9.37 Å². The van der Waals surface area contributed by atoms with Crippen LogP contribution in [0.3, 0.4) is 0 Å². The maximum Gasteiger partial charge on any atom is 0.417 e. The Labute approximate surface area is 123 Å². The van der Waals surface area contributed by atoms with E-state index >= 15 is 0 Å². The number of hydrogen-bond acceptors (Lipinski definition) is 2. The Morgan fingerprint density at radius 1 is 1.29 bits per heavy atom. The van der Waals surface area contributed by atoms with Gasteiger partial charge in [0.05, 0.1) is 5.56 Å². The Balaban J connectivity index is 2.75. The second-order valence-electron chi connectivity index (χ2n) is 4.54. The van der Waals surface area contributed by atoms with Crippen LogP contribution in [0.2, 0.25) is 0 Å². The summed E-state index contributed by atoms with van der Waals surface area (Å²) in [4.78, 5) is 6.77. The van der Waals surface area contributed by atoms with E-state index in [1.165, 1.54) is 0 Å². The lowest BCUT2D eigenvalue weighted by Gasteiger charge is -2.14. The van der Waals surface area contributed by atoms with E-state index in [9.17, 15) is 17.6 Å². The topological polar surface area (TPSA) is 28.7 Å². The van der Waals surface area contributed by atoms with Crippen LogP contribution in [0.15, 0.2) is 18.2 Å². The fourth-order valence-electron chi connectivity index (χ4n) is 2.02. The smallest absolute Gasteiger partial charge is 0.343 e. The number of nitrogens with one attached hydrogen (secondary N) is 1. The highest BCUT2D eigenvalue weighted by atomic mass is 32.1. The van der Waals surface area contributed by atoms with Gasteiger partial charge in [0.25, 0.3) is 0 Å². The fraction of sp³-hybridized carbons (Fsp3) is 0.286. The maximum absolute atomic E-state index is 13.3. The number of nitrogens with zero attached hydrogens (tertiary/aromatic N) is 1. The van der Waals surface area contributed by atoms with Crippen molar-refractivity contribution in [3.8, 4) is 11.4 Å². The quantitative estimate of drug-likeness (QED) is 0.635. The molecule has 0 unspecified atom stereocenters.